The molecule has 0 aliphatic carbocycles. The highest BCUT2D eigenvalue weighted by Gasteiger charge is 2.25. The van der Waals surface area contributed by atoms with Gasteiger partial charge in [-0.3, -0.25) is 0 Å². The van der Waals surface area contributed by atoms with Gasteiger partial charge >= 0.3 is 12.1 Å². The maximum Gasteiger partial charge on any atom is 0.408 e. The van der Waals surface area contributed by atoms with E-state index in [0.29, 0.717) is 19.0 Å². The summed E-state index contributed by atoms with van der Waals surface area (Å²) in [6, 6.07) is 6.27. The molecule has 0 radical (unpaired) electrons. The van der Waals surface area contributed by atoms with E-state index in [-0.39, 0.29) is 13.2 Å². The van der Waals surface area contributed by atoms with Crippen LogP contribution in [0.1, 0.15) is 26.3 Å². The molecule has 0 fully saturated rings. The van der Waals surface area contributed by atoms with Crippen molar-refractivity contribution in [3.05, 3.63) is 29.8 Å². The van der Waals surface area contributed by atoms with Crippen LogP contribution in [0.5, 0.6) is 5.75 Å². The number of nitrogens with one attached hydrogen (secondary N) is 1. The first-order chi connectivity index (χ1) is 12.7. The van der Waals surface area contributed by atoms with Crippen molar-refractivity contribution in [3.8, 4) is 5.75 Å². The Hall–Kier alpha value is -2.32. The summed E-state index contributed by atoms with van der Waals surface area (Å²) in [7, 11) is 2.87. The molecule has 1 unspecified atom stereocenters. The molecule has 1 aromatic rings. The van der Waals surface area contributed by atoms with Crippen LogP contribution in [0, 0.1) is 0 Å². The maximum atomic E-state index is 12.0. The van der Waals surface area contributed by atoms with Crippen molar-refractivity contribution in [2.75, 3.05) is 34.2 Å². The van der Waals surface area contributed by atoms with Crippen LogP contribution in [-0.4, -0.2) is 57.9 Å². The molecule has 1 amide bonds. The van der Waals surface area contributed by atoms with Gasteiger partial charge in [-0.2, -0.15) is 0 Å². The fourth-order valence-electron chi connectivity index (χ4n) is 2.05. The summed E-state index contributed by atoms with van der Waals surface area (Å²) in [5, 5.41) is 2.54. The van der Waals surface area contributed by atoms with Crippen molar-refractivity contribution in [1.82, 2.24) is 5.32 Å². The van der Waals surface area contributed by atoms with Crippen LogP contribution in [0.3, 0.4) is 0 Å². The molecule has 1 rings (SSSR count). The Balaban J connectivity index is 2.59. The second-order valence-electron chi connectivity index (χ2n) is 6.73. The van der Waals surface area contributed by atoms with E-state index in [1.807, 2.05) is 0 Å². The summed E-state index contributed by atoms with van der Waals surface area (Å²) in [6.07, 6.45) is -0.414. The quantitative estimate of drug-likeness (QED) is 0.376. The van der Waals surface area contributed by atoms with Gasteiger partial charge in [0, 0.05) is 13.5 Å². The van der Waals surface area contributed by atoms with Crippen LogP contribution in [0.15, 0.2) is 24.3 Å². The van der Waals surface area contributed by atoms with Crippen LogP contribution in [0.25, 0.3) is 0 Å². The Morgan fingerprint density at radius 2 is 1.74 bits per heavy atom. The number of alkyl carbamates (subject to hydrolysis) is 1. The molecular weight excluding hydrogens is 354 g/mol. The fraction of sp³-hybridized carbons (Fsp3) is 0.579. The van der Waals surface area contributed by atoms with Crippen LogP contribution in [0.4, 0.5) is 4.79 Å². The SMILES string of the molecule is COCCOCOc1ccc(CC(NC(=O)OC(C)(C)C)C(=O)OC)cc1. The third-order valence-electron chi connectivity index (χ3n) is 3.28. The Morgan fingerprint density at radius 1 is 1.07 bits per heavy atom. The van der Waals surface area contributed by atoms with Gasteiger partial charge in [-0.15, -0.1) is 0 Å². The molecule has 1 N–H and O–H groups in total. The van der Waals surface area contributed by atoms with Crippen molar-refractivity contribution in [3.63, 3.8) is 0 Å². The second kappa shape index (κ2) is 11.4. The molecule has 0 saturated heterocycles. The molecule has 0 saturated carbocycles. The monoisotopic (exact) mass is 383 g/mol. The minimum absolute atomic E-state index is 0.119. The zero-order valence-corrected chi connectivity index (χ0v) is 16.6. The molecule has 27 heavy (non-hydrogen) atoms. The zero-order chi connectivity index (χ0) is 20.3. The van der Waals surface area contributed by atoms with Gasteiger partial charge < -0.3 is 29.0 Å². The number of esters is 1. The van der Waals surface area contributed by atoms with Crippen molar-refractivity contribution >= 4 is 12.1 Å². The lowest BCUT2D eigenvalue weighted by Gasteiger charge is -2.22. The number of amides is 1. The van der Waals surface area contributed by atoms with Crippen molar-refractivity contribution in [2.24, 2.45) is 0 Å². The molecule has 0 heterocycles. The number of rotatable bonds is 10. The van der Waals surface area contributed by atoms with Gasteiger partial charge in [-0.1, -0.05) is 12.1 Å². The highest BCUT2D eigenvalue weighted by molar-refractivity contribution is 5.81. The number of carbonyl (C=O) groups excluding carboxylic acids is 2. The summed E-state index contributed by atoms with van der Waals surface area (Å²) >= 11 is 0. The normalized spacial score (nSPS) is 12.2. The van der Waals surface area contributed by atoms with E-state index in [2.05, 4.69) is 5.32 Å². The average molecular weight is 383 g/mol. The second-order valence-corrected chi connectivity index (χ2v) is 6.73. The van der Waals surface area contributed by atoms with E-state index in [1.54, 1.807) is 52.1 Å². The van der Waals surface area contributed by atoms with E-state index < -0.39 is 23.7 Å². The van der Waals surface area contributed by atoms with Gasteiger partial charge in [0.25, 0.3) is 0 Å². The lowest BCUT2D eigenvalue weighted by Crippen LogP contribution is -2.45. The molecule has 8 heteroatoms. The topological polar surface area (TPSA) is 92.3 Å². The van der Waals surface area contributed by atoms with Crippen molar-refractivity contribution in [2.45, 2.75) is 38.8 Å². The summed E-state index contributed by atoms with van der Waals surface area (Å²) in [4.78, 5) is 23.9. The van der Waals surface area contributed by atoms with Gasteiger partial charge in [0.05, 0.1) is 20.3 Å². The number of benzene rings is 1. The number of ether oxygens (including phenoxy) is 5. The third-order valence-corrected chi connectivity index (χ3v) is 3.28. The molecule has 1 aromatic carbocycles. The maximum absolute atomic E-state index is 12.0. The number of hydrogen-bond donors (Lipinski definition) is 1. The van der Waals surface area contributed by atoms with Crippen molar-refractivity contribution in [1.29, 1.82) is 0 Å². The number of carbonyl (C=O) groups is 2. The fourth-order valence-corrected chi connectivity index (χ4v) is 2.05. The smallest absolute Gasteiger partial charge is 0.408 e. The summed E-state index contributed by atoms with van der Waals surface area (Å²) in [6.45, 7) is 6.31. The molecule has 1 atom stereocenters. The summed E-state index contributed by atoms with van der Waals surface area (Å²) in [5.41, 5.74) is 0.170. The predicted molar refractivity (Wildman–Crippen MR) is 98.6 cm³/mol. The van der Waals surface area contributed by atoms with Gasteiger partial charge in [0.1, 0.15) is 17.4 Å². The van der Waals surface area contributed by atoms with E-state index in [0.717, 1.165) is 5.56 Å². The lowest BCUT2D eigenvalue weighted by atomic mass is 10.1. The first-order valence-electron chi connectivity index (χ1n) is 8.61. The van der Waals surface area contributed by atoms with Crippen LogP contribution in [0.2, 0.25) is 0 Å². The number of hydrogen-bond acceptors (Lipinski definition) is 7. The Labute approximate surface area is 160 Å². The Bertz CT molecular complexity index is 581. The van der Waals surface area contributed by atoms with E-state index in [1.165, 1.54) is 7.11 Å². The van der Waals surface area contributed by atoms with Crippen LogP contribution < -0.4 is 10.1 Å². The zero-order valence-electron chi connectivity index (χ0n) is 16.6. The lowest BCUT2D eigenvalue weighted by molar-refractivity contribution is -0.143. The first kappa shape index (κ1) is 22.7. The van der Waals surface area contributed by atoms with Crippen molar-refractivity contribution < 1.29 is 33.3 Å². The largest absolute Gasteiger partial charge is 0.468 e. The Kier molecular flexibility index (Phi) is 9.60. The van der Waals surface area contributed by atoms with Gasteiger partial charge in [-0.05, 0) is 38.5 Å². The van der Waals surface area contributed by atoms with Gasteiger partial charge in [-0.25, -0.2) is 9.59 Å². The summed E-state index contributed by atoms with van der Waals surface area (Å²) in [5.74, 6) is 0.0821. The van der Waals surface area contributed by atoms with E-state index >= 15 is 0 Å². The molecule has 0 aromatic heterocycles. The molecular formula is C19H29NO7. The molecule has 8 nitrogen and oxygen atoms in total. The standard InChI is InChI=1S/C19H29NO7/c1-19(2,3)27-18(22)20-16(17(21)24-5)12-14-6-8-15(9-7-14)26-13-25-11-10-23-4/h6-9,16H,10-13H2,1-5H3,(H,20,22). The molecule has 152 valence electrons. The van der Waals surface area contributed by atoms with Gasteiger partial charge in [0.2, 0.25) is 0 Å². The van der Waals surface area contributed by atoms with E-state index in [4.69, 9.17) is 23.7 Å². The van der Waals surface area contributed by atoms with Crippen LogP contribution in [-0.2, 0) is 30.2 Å². The molecule has 0 aliphatic rings. The highest BCUT2D eigenvalue weighted by atomic mass is 16.7. The third kappa shape index (κ3) is 9.81. The molecule has 0 spiro atoms. The predicted octanol–water partition coefficient (Wildman–Crippen LogP) is 2.29. The minimum atomic E-state index is -0.853. The van der Waals surface area contributed by atoms with Gasteiger partial charge in [0.15, 0.2) is 6.79 Å². The number of methoxy groups -OCH3 is 2. The van der Waals surface area contributed by atoms with Crippen LogP contribution >= 0.6 is 0 Å². The Morgan fingerprint density at radius 3 is 2.30 bits per heavy atom. The first-order valence-corrected chi connectivity index (χ1v) is 8.61. The molecule has 0 aliphatic heterocycles. The highest BCUT2D eigenvalue weighted by Crippen LogP contribution is 2.14. The average Bonchev–Trinajstić information content (AvgIpc) is 2.60. The summed E-state index contributed by atoms with van der Waals surface area (Å²) < 4.78 is 25.5. The van der Waals surface area contributed by atoms with E-state index in [9.17, 15) is 9.59 Å². The molecule has 0 bridgehead atoms. The minimum Gasteiger partial charge on any atom is -0.468 e.